The van der Waals surface area contributed by atoms with Crippen LogP contribution in [0.3, 0.4) is 0 Å². The van der Waals surface area contributed by atoms with Gasteiger partial charge >= 0.3 is 0 Å². The van der Waals surface area contributed by atoms with Crippen LogP contribution >= 0.6 is 0 Å². The molecule has 1 aromatic carbocycles. The number of nitrogens with one attached hydrogen (secondary N) is 1. The van der Waals surface area contributed by atoms with E-state index in [2.05, 4.69) is 10.3 Å². The van der Waals surface area contributed by atoms with E-state index in [1.54, 1.807) is 13.0 Å². The summed E-state index contributed by atoms with van der Waals surface area (Å²) in [6.45, 7) is 3.40. The molecule has 19 heavy (non-hydrogen) atoms. The van der Waals surface area contributed by atoms with Crippen molar-refractivity contribution in [1.82, 2.24) is 4.98 Å². The molecule has 0 spiro atoms. The van der Waals surface area contributed by atoms with Crippen molar-refractivity contribution in [2.75, 3.05) is 5.32 Å². The maximum atomic E-state index is 13.6. The second-order valence-electron chi connectivity index (χ2n) is 4.35. The van der Waals surface area contributed by atoms with E-state index in [1.165, 1.54) is 13.0 Å². The lowest BCUT2D eigenvalue weighted by Crippen LogP contribution is -2.05. The first-order chi connectivity index (χ1) is 8.97. The van der Waals surface area contributed by atoms with Gasteiger partial charge in [0, 0.05) is 11.8 Å². The highest BCUT2D eigenvalue weighted by molar-refractivity contribution is 5.47. The number of anilines is 1. The molecule has 0 saturated carbocycles. The SMILES string of the molecule is Cc1ccc(O)c(CNc2cc(F)c(C)cc2F)n1. The predicted molar refractivity (Wildman–Crippen MR) is 69.1 cm³/mol. The highest BCUT2D eigenvalue weighted by Gasteiger charge is 2.09. The van der Waals surface area contributed by atoms with Crippen LogP contribution in [0, 0.1) is 25.5 Å². The molecule has 0 unspecified atom stereocenters. The molecule has 1 aromatic heterocycles. The largest absolute Gasteiger partial charge is 0.506 e. The maximum Gasteiger partial charge on any atom is 0.146 e. The predicted octanol–water partition coefficient (Wildman–Crippen LogP) is 3.29. The van der Waals surface area contributed by atoms with E-state index in [-0.39, 0.29) is 23.5 Å². The highest BCUT2D eigenvalue weighted by Crippen LogP contribution is 2.21. The number of hydrogen-bond acceptors (Lipinski definition) is 3. The van der Waals surface area contributed by atoms with Gasteiger partial charge in [0.05, 0.1) is 12.2 Å². The van der Waals surface area contributed by atoms with E-state index < -0.39 is 11.6 Å². The summed E-state index contributed by atoms with van der Waals surface area (Å²) < 4.78 is 27.0. The van der Waals surface area contributed by atoms with Gasteiger partial charge in [0.2, 0.25) is 0 Å². The van der Waals surface area contributed by atoms with Gasteiger partial charge in [0.25, 0.3) is 0 Å². The number of rotatable bonds is 3. The van der Waals surface area contributed by atoms with Crippen molar-refractivity contribution >= 4 is 5.69 Å². The fourth-order valence-electron chi connectivity index (χ4n) is 1.69. The molecule has 0 radical (unpaired) electrons. The van der Waals surface area contributed by atoms with Crippen LogP contribution in [0.5, 0.6) is 5.75 Å². The van der Waals surface area contributed by atoms with Crippen molar-refractivity contribution < 1.29 is 13.9 Å². The molecule has 3 nitrogen and oxygen atoms in total. The minimum absolute atomic E-state index is 0.0195. The van der Waals surface area contributed by atoms with Crippen LogP contribution in [0.1, 0.15) is 17.0 Å². The maximum absolute atomic E-state index is 13.6. The van der Waals surface area contributed by atoms with Gasteiger partial charge in [-0.15, -0.1) is 0 Å². The van der Waals surface area contributed by atoms with E-state index in [0.29, 0.717) is 5.69 Å². The fourth-order valence-corrected chi connectivity index (χ4v) is 1.69. The fraction of sp³-hybridized carbons (Fsp3) is 0.214. The Labute approximate surface area is 109 Å². The van der Waals surface area contributed by atoms with Gasteiger partial charge < -0.3 is 10.4 Å². The topological polar surface area (TPSA) is 45.1 Å². The lowest BCUT2D eigenvalue weighted by molar-refractivity contribution is 0.464. The molecule has 0 atom stereocenters. The third-order valence-electron chi connectivity index (χ3n) is 2.78. The summed E-state index contributed by atoms with van der Waals surface area (Å²) in [4.78, 5) is 4.13. The zero-order valence-electron chi connectivity index (χ0n) is 10.7. The van der Waals surface area contributed by atoms with E-state index in [4.69, 9.17) is 0 Å². The summed E-state index contributed by atoms with van der Waals surface area (Å²) >= 11 is 0. The number of hydrogen-bond donors (Lipinski definition) is 2. The molecule has 0 saturated heterocycles. The third kappa shape index (κ3) is 2.99. The summed E-state index contributed by atoms with van der Waals surface area (Å²) in [7, 11) is 0. The standard InChI is InChI=1S/C14H14F2N2O/c1-8-5-11(16)12(6-10(8)15)17-7-13-14(19)4-3-9(2)18-13/h3-6,17,19H,7H2,1-2H3. The Kier molecular flexibility index (Phi) is 3.64. The second-order valence-corrected chi connectivity index (χ2v) is 4.35. The van der Waals surface area contributed by atoms with Crippen LogP contribution in [0.25, 0.3) is 0 Å². The first-order valence-corrected chi connectivity index (χ1v) is 5.82. The van der Waals surface area contributed by atoms with Gasteiger partial charge in [-0.1, -0.05) is 0 Å². The zero-order chi connectivity index (χ0) is 14.0. The number of aryl methyl sites for hydroxylation is 2. The average molecular weight is 264 g/mol. The quantitative estimate of drug-likeness (QED) is 0.894. The smallest absolute Gasteiger partial charge is 0.146 e. The number of benzene rings is 1. The first kappa shape index (κ1) is 13.3. The van der Waals surface area contributed by atoms with Gasteiger partial charge in [0.1, 0.15) is 23.1 Å². The van der Waals surface area contributed by atoms with Gasteiger partial charge in [-0.05, 0) is 37.6 Å². The second kappa shape index (κ2) is 5.22. The minimum Gasteiger partial charge on any atom is -0.506 e. The summed E-state index contributed by atoms with van der Waals surface area (Å²) in [5, 5.41) is 12.3. The Morgan fingerprint density at radius 1 is 1.16 bits per heavy atom. The van der Waals surface area contributed by atoms with E-state index in [9.17, 15) is 13.9 Å². The molecular formula is C14H14F2N2O. The lowest BCUT2D eigenvalue weighted by Gasteiger charge is -2.10. The van der Waals surface area contributed by atoms with E-state index in [0.717, 1.165) is 17.8 Å². The summed E-state index contributed by atoms with van der Waals surface area (Å²) in [6.07, 6.45) is 0. The molecule has 2 rings (SSSR count). The molecule has 0 aliphatic rings. The third-order valence-corrected chi connectivity index (χ3v) is 2.78. The van der Waals surface area contributed by atoms with Crippen LogP contribution in [0.2, 0.25) is 0 Å². The van der Waals surface area contributed by atoms with Gasteiger partial charge in [-0.25, -0.2) is 8.78 Å². The number of nitrogens with zero attached hydrogens (tertiary/aromatic N) is 1. The lowest BCUT2D eigenvalue weighted by atomic mass is 10.2. The first-order valence-electron chi connectivity index (χ1n) is 5.82. The molecule has 0 bridgehead atoms. The molecule has 0 aliphatic heterocycles. The highest BCUT2D eigenvalue weighted by atomic mass is 19.1. The van der Waals surface area contributed by atoms with Crippen molar-refractivity contribution in [2.24, 2.45) is 0 Å². The summed E-state index contributed by atoms with van der Waals surface area (Å²) in [5.74, 6) is -0.998. The Hall–Kier alpha value is -2.17. The van der Waals surface area contributed by atoms with Gasteiger partial charge in [-0.3, -0.25) is 4.98 Å². The van der Waals surface area contributed by atoms with Crippen molar-refractivity contribution in [3.8, 4) is 5.75 Å². The summed E-state index contributed by atoms with van der Waals surface area (Å²) in [5.41, 5.74) is 1.43. The normalized spacial score (nSPS) is 10.5. The number of halogens is 2. The Bertz CT molecular complexity index is 615. The minimum atomic E-state index is -0.536. The Morgan fingerprint density at radius 3 is 2.63 bits per heavy atom. The summed E-state index contributed by atoms with van der Waals surface area (Å²) in [6, 6.07) is 5.41. The molecule has 5 heteroatoms. The number of aromatic nitrogens is 1. The van der Waals surface area contributed by atoms with E-state index in [1.807, 2.05) is 0 Å². The monoisotopic (exact) mass is 264 g/mol. The molecule has 100 valence electrons. The van der Waals surface area contributed by atoms with Crippen LogP contribution in [0.4, 0.5) is 14.5 Å². The molecule has 0 aliphatic carbocycles. The number of pyridine rings is 1. The van der Waals surface area contributed by atoms with Crippen molar-refractivity contribution in [3.05, 3.63) is 52.9 Å². The van der Waals surface area contributed by atoms with Gasteiger partial charge in [0.15, 0.2) is 0 Å². The molecule has 0 fully saturated rings. The molecule has 0 amide bonds. The Morgan fingerprint density at radius 2 is 1.89 bits per heavy atom. The molecular weight excluding hydrogens is 250 g/mol. The van der Waals surface area contributed by atoms with Gasteiger partial charge in [-0.2, -0.15) is 0 Å². The van der Waals surface area contributed by atoms with Crippen LogP contribution < -0.4 is 5.32 Å². The Balaban J connectivity index is 2.19. The van der Waals surface area contributed by atoms with Crippen LogP contribution in [-0.4, -0.2) is 10.1 Å². The van der Waals surface area contributed by atoms with Crippen molar-refractivity contribution in [3.63, 3.8) is 0 Å². The number of aromatic hydroxyl groups is 1. The van der Waals surface area contributed by atoms with Crippen molar-refractivity contribution in [2.45, 2.75) is 20.4 Å². The van der Waals surface area contributed by atoms with Crippen molar-refractivity contribution in [1.29, 1.82) is 0 Å². The van der Waals surface area contributed by atoms with Crippen LogP contribution in [-0.2, 0) is 6.54 Å². The molecule has 2 aromatic rings. The van der Waals surface area contributed by atoms with Crippen LogP contribution in [0.15, 0.2) is 24.3 Å². The zero-order valence-corrected chi connectivity index (χ0v) is 10.7. The average Bonchev–Trinajstić information content (AvgIpc) is 2.36. The molecule has 1 heterocycles. The molecule has 2 N–H and O–H groups in total. The van der Waals surface area contributed by atoms with E-state index >= 15 is 0 Å².